The number of rotatable bonds is 32. The zero-order valence-electron chi connectivity index (χ0n) is 27.3. The average molecular weight is 567 g/mol. The number of carboxylic acid groups (broad SMARTS) is 2. The fraction of sp³-hybridized carbons (Fsp3) is 0.944. The molecule has 1 unspecified atom stereocenters. The van der Waals surface area contributed by atoms with Crippen molar-refractivity contribution in [1.29, 1.82) is 0 Å². The van der Waals surface area contributed by atoms with Gasteiger partial charge in [-0.05, 0) is 31.6 Å². The van der Waals surface area contributed by atoms with Crippen LogP contribution in [0.1, 0.15) is 207 Å². The van der Waals surface area contributed by atoms with Crippen LogP contribution in [-0.4, -0.2) is 22.2 Å². The minimum absolute atomic E-state index is 0.0321. The average Bonchev–Trinajstić information content (AvgIpc) is 2.93. The molecule has 2 N–H and O–H groups in total. The van der Waals surface area contributed by atoms with Crippen LogP contribution in [0.3, 0.4) is 0 Å². The van der Waals surface area contributed by atoms with E-state index in [1.807, 2.05) is 0 Å². The lowest BCUT2D eigenvalue weighted by molar-refractivity contribution is -0.156. The Morgan fingerprint density at radius 2 is 0.800 bits per heavy atom. The Labute approximate surface area is 249 Å². The zero-order valence-corrected chi connectivity index (χ0v) is 27.3. The summed E-state index contributed by atoms with van der Waals surface area (Å²) >= 11 is 0. The van der Waals surface area contributed by atoms with Gasteiger partial charge in [0.2, 0.25) is 0 Å². The van der Waals surface area contributed by atoms with E-state index in [0.29, 0.717) is 6.42 Å². The molecule has 0 rings (SSSR count). The van der Waals surface area contributed by atoms with Gasteiger partial charge in [-0.1, -0.05) is 175 Å². The van der Waals surface area contributed by atoms with Gasteiger partial charge in [0.05, 0.1) is 5.41 Å². The molecule has 4 nitrogen and oxygen atoms in total. The van der Waals surface area contributed by atoms with Crippen LogP contribution in [0, 0.1) is 11.3 Å². The SMILES string of the molecule is CCCCCCCCCCC(CCC(=O)O)C(CCCCCCCCCC)(CCCCCCCCCC)C(=O)O. The lowest BCUT2D eigenvalue weighted by Gasteiger charge is -2.38. The van der Waals surface area contributed by atoms with Crippen molar-refractivity contribution in [3.63, 3.8) is 0 Å². The summed E-state index contributed by atoms with van der Waals surface area (Å²) < 4.78 is 0. The van der Waals surface area contributed by atoms with Crippen molar-refractivity contribution in [3.05, 3.63) is 0 Å². The van der Waals surface area contributed by atoms with E-state index in [9.17, 15) is 19.8 Å². The molecule has 0 aliphatic rings. The van der Waals surface area contributed by atoms with Gasteiger partial charge < -0.3 is 10.2 Å². The predicted molar refractivity (Wildman–Crippen MR) is 172 cm³/mol. The van der Waals surface area contributed by atoms with Crippen LogP contribution in [0.25, 0.3) is 0 Å². The van der Waals surface area contributed by atoms with Crippen molar-refractivity contribution >= 4 is 11.9 Å². The summed E-state index contributed by atoms with van der Waals surface area (Å²) in [5.41, 5.74) is -0.763. The minimum atomic E-state index is -0.792. The number of carboxylic acids is 2. The molecule has 4 heteroatoms. The van der Waals surface area contributed by atoms with Gasteiger partial charge in [0, 0.05) is 6.42 Å². The normalized spacial score (nSPS) is 12.6. The van der Waals surface area contributed by atoms with Gasteiger partial charge in [-0.2, -0.15) is 0 Å². The van der Waals surface area contributed by atoms with E-state index in [1.54, 1.807) is 0 Å². The van der Waals surface area contributed by atoms with E-state index < -0.39 is 17.4 Å². The standard InChI is InChI=1S/C36H70O4/c1-4-7-10-13-16-19-22-25-28-33(29-30-34(37)38)36(35(39)40,31-26-23-20-17-14-11-8-5-2)32-27-24-21-18-15-12-9-6-3/h33H,4-32H2,1-3H3,(H,37,38)(H,39,40). The molecule has 0 aromatic rings. The molecule has 0 spiro atoms. The van der Waals surface area contributed by atoms with Crippen LogP contribution in [0.15, 0.2) is 0 Å². The highest BCUT2D eigenvalue weighted by Gasteiger charge is 2.44. The Morgan fingerprint density at radius 3 is 1.12 bits per heavy atom. The molecule has 0 saturated carbocycles. The van der Waals surface area contributed by atoms with E-state index in [0.717, 1.165) is 57.8 Å². The Balaban J connectivity index is 5.19. The summed E-state index contributed by atoms with van der Waals surface area (Å²) in [5, 5.41) is 20.2. The maximum Gasteiger partial charge on any atom is 0.309 e. The number of hydrogen-bond donors (Lipinski definition) is 2. The van der Waals surface area contributed by atoms with Crippen LogP contribution < -0.4 is 0 Å². The maximum absolute atomic E-state index is 13.1. The number of unbranched alkanes of at least 4 members (excludes halogenated alkanes) is 21. The maximum atomic E-state index is 13.1. The van der Waals surface area contributed by atoms with Crippen LogP contribution in [0.4, 0.5) is 0 Å². The molecule has 0 aromatic heterocycles. The summed E-state index contributed by atoms with van der Waals surface area (Å²) in [6, 6.07) is 0. The smallest absolute Gasteiger partial charge is 0.309 e. The third kappa shape index (κ3) is 20.8. The molecule has 1 atom stereocenters. The molecule has 238 valence electrons. The highest BCUT2D eigenvalue weighted by atomic mass is 16.4. The third-order valence-electron chi connectivity index (χ3n) is 9.27. The molecule has 0 aliphatic heterocycles. The summed E-state index contributed by atoms with van der Waals surface area (Å²) in [7, 11) is 0. The van der Waals surface area contributed by atoms with E-state index in [2.05, 4.69) is 20.8 Å². The topological polar surface area (TPSA) is 74.6 Å². The quantitative estimate of drug-likeness (QED) is 0.0794. The molecule has 0 aromatic carbocycles. The first-order valence-corrected chi connectivity index (χ1v) is 17.9. The first-order chi connectivity index (χ1) is 19.4. The predicted octanol–water partition coefficient (Wildman–Crippen LogP) is 12.1. The third-order valence-corrected chi connectivity index (χ3v) is 9.27. The molecule has 40 heavy (non-hydrogen) atoms. The minimum Gasteiger partial charge on any atom is -0.481 e. The van der Waals surface area contributed by atoms with E-state index in [1.165, 1.54) is 116 Å². The number of hydrogen-bond acceptors (Lipinski definition) is 2. The molecule has 0 radical (unpaired) electrons. The number of aliphatic carboxylic acids is 2. The monoisotopic (exact) mass is 567 g/mol. The summed E-state index contributed by atoms with van der Waals surface area (Å²) in [6.07, 6.45) is 32.1. The van der Waals surface area contributed by atoms with Gasteiger partial charge in [0.1, 0.15) is 0 Å². The molecule has 0 bridgehead atoms. The largest absolute Gasteiger partial charge is 0.481 e. The molecule has 0 amide bonds. The lowest BCUT2D eigenvalue weighted by atomic mass is 9.65. The van der Waals surface area contributed by atoms with Crippen molar-refractivity contribution < 1.29 is 19.8 Å². The Morgan fingerprint density at radius 1 is 0.475 bits per heavy atom. The zero-order chi connectivity index (χ0) is 29.7. The summed E-state index contributed by atoms with van der Waals surface area (Å²) in [6.45, 7) is 6.73. The molecule has 0 aliphatic carbocycles. The second-order valence-electron chi connectivity index (χ2n) is 12.8. The van der Waals surface area contributed by atoms with E-state index in [4.69, 9.17) is 0 Å². The van der Waals surface area contributed by atoms with E-state index >= 15 is 0 Å². The van der Waals surface area contributed by atoms with Crippen molar-refractivity contribution in [2.75, 3.05) is 0 Å². The molecular formula is C36H70O4. The second kappa shape index (κ2) is 28.1. The molecule has 0 heterocycles. The van der Waals surface area contributed by atoms with Gasteiger partial charge in [-0.3, -0.25) is 9.59 Å². The summed E-state index contributed by atoms with van der Waals surface area (Å²) in [5.74, 6) is -1.48. The van der Waals surface area contributed by atoms with Crippen LogP contribution in [0.2, 0.25) is 0 Å². The summed E-state index contributed by atoms with van der Waals surface area (Å²) in [4.78, 5) is 24.6. The Bertz CT molecular complexity index is 553. The molecule has 0 fully saturated rings. The highest BCUT2D eigenvalue weighted by Crippen LogP contribution is 2.44. The molecule has 0 saturated heterocycles. The Kier molecular flexibility index (Phi) is 27.3. The fourth-order valence-electron chi connectivity index (χ4n) is 6.59. The van der Waals surface area contributed by atoms with Crippen molar-refractivity contribution in [2.45, 2.75) is 207 Å². The van der Waals surface area contributed by atoms with Gasteiger partial charge in [0.15, 0.2) is 0 Å². The first kappa shape index (κ1) is 38.9. The highest BCUT2D eigenvalue weighted by molar-refractivity contribution is 5.75. The fourth-order valence-corrected chi connectivity index (χ4v) is 6.59. The Hall–Kier alpha value is -1.06. The van der Waals surface area contributed by atoms with Gasteiger partial charge in [-0.25, -0.2) is 0 Å². The van der Waals surface area contributed by atoms with Crippen LogP contribution in [0.5, 0.6) is 0 Å². The van der Waals surface area contributed by atoms with Crippen LogP contribution >= 0.6 is 0 Å². The van der Waals surface area contributed by atoms with Crippen molar-refractivity contribution in [2.24, 2.45) is 11.3 Å². The van der Waals surface area contributed by atoms with Gasteiger partial charge >= 0.3 is 11.9 Å². The second-order valence-corrected chi connectivity index (χ2v) is 12.8. The van der Waals surface area contributed by atoms with E-state index in [-0.39, 0.29) is 12.3 Å². The lowest BCUT2D eigenvalue weighted by Crippen LogP contribution is -2.39. The van der Waals surface area contributed by atoms with Gasteiger partial charge in [-0.15, -0.1) is 0 Å². The molecular weight excluding hydrogens is 496 g/mol. The van der Waals surface area contributed by atoms with Crippen LogP contribution in [-0.2, 0) is 9.59 Å². The van der Waals surface area contributed by atoms with Gasteiger partial charge in [0.25, 0.3) is 0 Å². The van der Waals surface area contributed by atoms with Crippen molar-refractivity contribution in [3.8, 4) is 0 Å². The van der Waals surface area contributed by atoms with Crippen molar-refractivity contribution in [1.82, 2.24) is 0 Å². The first-order valence-electron chi connectivity index (χ1n) is 17.9. The number of carbonyl (C=O) groups is 2.